The van der Waals surface area contributed by atoms with Crippen molar-refractivity contribution in [3.8, 4) is 0 Å². The van der Waals surface area contributed by atoms with E-state index >= 15 is 0 Å². The summed E-state index contributed by atoms with van der Waals surface area (Å²) in [5, 5.41) is 3.46. The number of hydrogen-bond acceptors (Lipinski definition) is 2. The van der Waals surface area contributed by atoms with E-state index in [-0.39, 0.29) is 6.04 Å². The van der Waals surface area contributed by atoms with Crippen molar-refractivity contribution in [2.24, 2.45) is 5.41 Å². The quantitative estimate of drug-likeness (QED) is 0.792. The van der Waals surface area contributed by atoms with Gasteiger partial charge in [-0.05, 0) is 29.5 Å². The lowest BCUT2D eigenvalue weighted by atomic mass is 10.1. The topological polar surface area (TPSA) is 12.5 Å². The second-order valence-corrected chi connectivity index (χ2v) is 6.50. The molecule has 0 radical (unpaired) electrons. The van der Waals surface area contributed by atoms with E-state index in [0.717, 1.165) is 22.0 Å². The molecule has 96 valence electrons. The molecule has 2 nitrogen and oxygen atoms in total. The van der Waals surface area contributed by atoms with Gasteiger partial charge >= 0.3 is 0 Å². The van der Waals surface area contributed by atoms with Gasteiger partial charge in [0.05, 0.1) is 11.1 Å². The number of nitrogens with zero attached hydrogens (tertiary/aromatic N) is 1. The molecule has 1 fully saturated rings. The molecule has 0 spiro atoms. The molecule has 0 amide bonds. The standard InChI is InChI=1S/C14H15Cl2NO/c1-14(2)7-12(14)17-13(11(16)8-18-17)9-3-5-10(15)6-4-9/h3-6,8,12-13H,7H2,1-2H3. The summed E-state index contributed by atoms with van der Waals surface area (Å²) in [6.07, 6.45) is 2.77. The van der Waals surface area contributed by atoms with E-state index in [1.807, 2.05) is 29.3 Å². The molecule has 2 aliphatic rings. The van der Waals surface area contributed by atoms with Crippen molar-refractivity contribution in [2.45, 2.75) is 32.4 Å². The van der Waals surface area contributed by atoms with Crippen LogP contribution < -0.4 is 0 Å². The zero-order valence-corrected chi connectivity index (χ0v) is 11.9. The maximum atomic E-state index is 6.27. The summed E-state index contributed by atoms with van der Waals surface area (Å²) in [6.45, 7) is 4.48. The maximum absolute atomic E-state index is 6.27. The molecule has 0 bridgehead atoms. The van der Waals surface area contributed by atoms with Crippen molar-refractivity contribution in [1.29, 1.82) is 0 Å². The first kappa shape index (κ1) is 12.3. The molecule has 1 aliphatic heterocycles. The van der Waals surface area contributed by atoms with Crippen LogP contribution in [0.2, 0.25) is 5.02 Å². The molecule has 3 rings (SSSR count). The molecule has 18 heavy (non-hydrogen) atoms. The molecule has 4 heteroatoms. The van der Waals surface area contributed by atoms with E-state index in [4.69, 9.17) is 28.0 Å². The normalized spacial score (nSPS) is 29.9. The summed E-state index contributed by atoms with van der Waals surface area (Å²) in [4.78, 5) is 5.63. The Balaban J connectivity index is 1.88. The van der Waals surface area contributed by atoms with Crippen molar-refractivity contribution >= 4 is 23.2 Å². The average Bonchev–Trinajstić information content (AvgIpc) is 2.78. The van der Waals surface area contributed by atoms with Gasteiger partial charge in [0.1, 0.15) is 12.3 Å². The summed E-state index contributed by atoms with van der Waals surface area (Å²) in [6, 6.07) is 8.19. The molecule has 0 N–H and O–H groups in total. The Morgan fingerprint density at radius 2 is 1.83 bits per heavy atom. The number of halogens is 2. The van der Waals surface area contributed by atoms with Crippen LogP contribution in [0.5, 0.6) is 0 Å². The van der Waals surface area contributed by atoms with Crippen LogP contribution in [-0.2, 0) is 4.84 Å². The van der Waals surface area contributed by atoms with Gasteiger partial charge in [-0.25, -0.2) is 0 Å². The molecule has 2 atom stereocenters. The first-order chi connectivity index (χ1) is 8.49. The molecule has 0 aromatic heterocycles. The van der Waals surface area contributed by atoms with Crippen LogP contribution in [0, 0.1) is 5.41 Å². The maximum Gasteiger partial charge on any atom is 0.128 e. The van der Waals surface area contributed by atoms with Gasteiger partial charge in [0.2, 0.25) is 0 Å². The summed E-state index contributed by atoms with van der Waals surface area (Å²) in [5.41, 5.74) is 1.42. The number of rotatable bonds is 2. The van der Waals surface area contributed by atoms with Gasteiger partial charge in [0, 0.05) is 5.02 Å². The van der Waals surface area contributed by atoms with Crippen molar-refractivity contribution < 1.29 is 4.84 Å². The largest absolute Gasteiger partial charge is 0.411 e. The van der Waals surface area contributed by atoms with E-state index in [9.17, 15) is 0 Å². The Bertz CT molecular complexity index is 495. The smallest absolute Gasteiger partial charge is 0.128 e. The SMILES string of the molecule is CC1(C)CC1N1OC=C(Cl)C1c1ccc(Cl)cc1. The van der Waals surface area contributed by atoms with Gasteiger partial charge in [0.25, 0.3) is 0 Å². The fourth-order valence-corrected chi connectivity index (χ4v) is 2.82. The minimum absolute atomic E-state index is 0.00397. The molecular weight excluding hydrogens is 269 g/mol. The minimum Gasteiger partial charge on any atom is -0.411 e. The molecular formula is C14H15Cl2NO. The third-order valence-corrected chi connectivity index (χ3v) is 4.30. The van der Waals surface area contributed by atoms with Crippen molar-refractivity contribution in [1.82, 2.24) is 5.06 Å². The predicted molar refractivity (Wildman–Crippen MR) is 73.2 cm³/mol. The molecule has 1 aromatic carbocycles. The van der Waals surface area contributed by atoms with Gasteiger partial charge in [-0.15, -0.1) is 5.06 Å². The van der Waals surface area contributed by atoms with Crippen LogP contribution >= 0.6 is 23.2 Å². The zero-order chi connectivity index (χ0) is 12.9. The first-order valence-corrected chi connectivity index (χ1v) is 6.81. The molecule has 1 heterocycles. The second-order valence-electron chi connectivity index (χ2n) is 5.63. The molecule has 2 unspecified atom stereocenters. The van der Waals surface area contributed by atoms with Crippen LogP contribution in [0.4, 0.5) is 0 Å². The highest BCUT2D eigenvalue weighted by Gasteiger charge is 2.54. The fourth-order valence-electron chi connectivity index (χ4n) is 2.44. The highest BCUT2D eigenvalue weighted by Crippen LogP contribution is 2.54. The first-order valence-electron chi connectivity index (χ1n) is 6.05. The van der Waals surface area contributed by atoms with Crippen molar-refractivity contribution in [3.05, 3.63) is 46.1 Å². The van der Waals surface area contributed by atoms with E-state index in [2.05, 4.69) is 13.8 Å². The van der Waals surface area contributed by atoms with E-state index in [1.54, 1.807) is 6.26 Å². The lowest BCUT2D eigenvalue weighted by Crippen LogP contribution is -2.28. The Morgan fingerprint density at radius 3 is 2.39 bits per heavy atom. The Morgan fingerprint density at radius 1 is 1.22 bits per heavy atom. The summed E-state index contributed by atoms with van der Waals surface area (Å²) < 4.78 is 0. The monoisotopic (exact) mass is 283 g/mol. The molecule has 1 aromatic rings. The van der Waals surface area contributed by atoms with E-state index < -0.39 is 0 Å². The van der Waals surface area contributed by atoms with Crippen molar-refractivity contribution in [3.63, 3.8) is 0 Å². The van der Waals surface area contributed by atoms with Gasteiger partial charge in [-0.1, -0.05) is 49.2 Å². The Labute approximate surface area is 117 Å². The van der Waals surface area contributed by atoms with E-state index in [0.29, 0.717) is 11.5 Å². The fraction of sp³-hybridized carbons (Fsp3) is 0.429. The molecule has 0 saturated heterocycles. The highest BCUT2D eigenvalue weighted by molar-refractivity contribution is 6.31. The predicted octanol–water partition coefficient (Wildman–Crippen LogP) is 4.51. The Hall–Kier alpha value is -0.700. The van der Waals surface area contributed by atoms with Gasteiger partial charge in [0.15, 0.2) is 0 Å². The number of benzene rings is 1. The summed E-state index contributed by atoms with van der Waals surface area (Å²) >= 11 is 12.2. The van der Waals surface area contributed by atoms with Crippen LogP contribution in [0.25, 0.3) is 0 Å². The lowest BCUT2D eigenvalue weighted by molar-refractivity contribution is -0.121. The highest BCUT2D eigenvalue weighted by atomic mass is 35.5. The average molecular weight is 284 g/mol. The van der Waals surface area contributed by atoms with Crippen LogP contribution in [0.1, 0.15) is 31.9 Å². The number of hydrogen-bond donors (Lipinski definition) is 0. The van der Waals surface area contributed by atoms with E-state index in [1.165, 1.54) is 0 Å². The lowest BCUT2D eigenvalue weighted by Gasteiger charge is -2.25. The molecule has 1 aliphatic carbocycles. The second kappa shape index (κ2) is 4.16. The van der Waals surface area contributed by atoms with Crippen LogP contribution in [-0.4, -0.2) is 11.1 Å². The van der Waals surface area contributed by atoms with Gasteiger partial charge in [-0.2, -0.15) is 0 Å². The third-order valence-electron chi connectivity index (χ3n) is 3.76. The van der Waals surface area contributed by atoms with Crippen LogP contribution in [0.3, 0.4) is 0 Å². The summed E-state index contributed by atoms with van der Waals surface area (Å²) in [7, 11) is 0. The minimum atomic E-state index is -0.00397. The van der Waals surface area contributed by atoms with Gasteiger partial charge < -0.3 is 4.84 Å². The zero-order valence-electron chi connectivity index (χ0n) is 10.4. The summed E-state index contributed by atoms with van der Waals surface area (Å²) in [5.74, 6) is 0. The van der Waals surface area contributed by atoms with Gasteiger partial charge in [-0.3, -0.25) is 0 Å². The van der Waals surface area contributed by atoms with Crippen LogP contribution in [0.15, 0.2) is 35.6 Å². The molecule has 1 saturated carbocycles. The third kappa shape index (κ3) is 2.03. The number of hydroxylamine groups is 2. The van der Waals surface area contributed by atoms with Crippen molar-refractivity contribution in [2.75, 3.05) is 0 Å². The Kier molecular flexibility index (Phi) is 2.85.